The van der Waals surface area contributed by atoms with Crippen LogP contribution < -0.4 is 4.90 Å². The molecule has 0 bridgehead atoms. The van der Waals surface area contributed by atoms with Crippen molar-refractivity contribution in [3.05, 3.63) is 28.2 Å². The van der Waals surface area contributed by atoms with E-state index in [9.17, 15) is 9.59 Å². The molecule has 3 amide bonds. The molecule has 2 rings (SSSR count). The Morgan fingerprint density at radius 3 is 2.63 bits per heavy atom. The maximum absolute atomic E-state index is 12.3. The fraction of sp³-hybridized carbons (Fsp3) is 0.385. The summed E-state index contributed by atoms with van der Waals surface area (Å²) in [5, 5.41) is 0.762. The number of anilines is 1. The topological polar surface area (TPSA) is 40.6 Å². The van der Waals surface area contributed by atoms with E-state index >= 15 is 0 Å². The molecule has 0 saturated carbocycles. The Bertz CT molecular complexity index is 533. The predicted octanol–water partition coefficient (Wildman–Crippen LogP) is 3.42. The van der Waals surface area contributed by atoms with Crippen molar-refractivity contribution in [3.63, 3.8) is 0 Å². The summed E-state index contributed by atoms with van der Waals surface area (Å²) >= 11 is 12.0. The Hall–Kier alpha value is -1.26. The lowest BCUT2D eigenvalue weighted by molar-refractivity contribution is -0.122. The van der Waals surface area contributed by atoms with Crippen LogP contribution in [-0.4, -0.2) is 29.9 Å². The molecule has 1 aliphatic rings. The quantitative estimate of drug-likeness (QED) is 0.840. The highest BCUT2D eigenvalue weighted by atomic mass is 35.5. The highest BCUT2D eigenvalue weighted by Gasteiger charge is 2.38. The highest BCUT2D eigenvalue weighted by molar-refractivity contribution is 6.37. The van der Waals surface area contributed by atoms with Crippen LogP contribution in [0, 0.1) is 5.92 Å². The molecule has 1 heterocycles. The molecule has 1 aromatic rings. The van der Waals surface area contributed by atoms with Gasteiger partial charge in [-0.05, 0) is 25.1 Å². The monoisotopic (exact) mass is 300 g/mol. The van der Waals surface area contributed by atoms with E-state index in [1.807, 2.05) is 6.92 Å². The molecule has 4 nitrogen and oxygen atoms in total. The van der Waals surface area contributed by atoms with Crippen LogP contribution in [-0.2, 0) is 4.79 Å². The third-order valence-corrected chi connectivity index (χ3v) is 3.68. The van der Waals surface area contributed by atoms with E-state index in [1.54, 1.807) is 24.0 Å². The fourth-order valence-corrected chi connectivity index (χ4v) is 2.45. The van der Waals surface area contributed by atoms with Crippen LogP contribution in [0.1, 0.15) is 13.8 Å². The zero-order chi connectivity index (χ0) is 14.2. The summed E-state index contributed by atoms with van der Waals surface area (Å²) in [5.41, 5.74) is 0.342. The molecular formula is C13H14Cl2N2O2. The summed E-state index contributed by atoms with van der Waals surface area (Å²) in [6, 6.07) is 4.38. The van der Waals surface area contributed by atoms with Gasteiger partial charge in [-0.2, -0.15) is 0 Å². The van der Waals surface area contributed by atoms with Gasteiger partial charge in [-0.25, -0.2) is 9.69 Å². The second kappa shape index (κ2) is 5.39. The van der Waals surface area contributed by atoms with E-state index in [0.717, 1.165) is 4.90 Å². The minimum Gasteiger partial charge on any atom is -0.323 e. The Kier molecular flexibility index (Phi) is 4.02. The van der Waals surface area contributed by atoms with Gasteiger partial charge in [0.25, 0.3) is 0 Å². The van der Waals surface area contributed by atoms with Gasteiger partial charge in [0.05, 0.1) is 16.6 Å². The smallest absolute Gasteiger partial charge is 0.323 e. The van der Waals surface area contributed by atoms with Crippen molar-refractivity contribution in [1.29, 1.82) is 0 Å². The van der Waals surface area contributed by atoms with Gasteiger partial charge in [-0.3, -0.25) is 4.79 Å². The molecule has 0 radical (unpaired) electrons. The summed E-state index contributed by atoms with van der Waals surface area (Å²) in [6.45, 7) is 4.65. The normalized spacial score (nSPS) is 20.1. The zero-order valence-electron chi connectivity index (χ0n) is 10.7. The van der Waals surface area contributed by atoms with Crippen LogP contribution in [0.4, 0.5) is 10.5 Å². The summed E-state index contributed by atoms with van der Waals surface area (Å²) in [4.78, 5) is 27.3. The second-order valence-corrected chi connectivity index (χ2v) is 5.34. The summed E-state index contributed by atoms with van der Waals surface area (Å²) in [6.07, 6.45) is 0. The van der Waals surface area contributed by atoms with E-state index in [2.05, 4.69) is 0 Å². The van der Waals surface area contributed by atoms with Crippen LogP contribution in [0.2, 0.25) is 10.0 Å². The van der Waals surface area contributed by atoms with Crippen LogP contribution in [0.5, 0.6) is 0 Å². The van der Waals surface area contributed by atoms with Gasteiger partial charge in [0.2, 0.25) is 5.91 Å². The molecule has 0 spiro atoms. The van der Waals surface area contributed by atoms with Crippen LogP contribution in [0.25, 0.3) is 0 Å². The molecule has 1 atom stereocenters. The Labute approximate surface area is 121 Å². The first-order chi connectivity index (χ1) is 8.95. The van der Waals surface area contributed by atoms with E-state index in [-0.39, 0.29) is 17.9 Å². The molecule has 1 saturated heterocycles. The number of rotatable bonds is 2. The number of hydrogen-bond acceptors (Lipinski definition) is 2. The molecule has 6 heteroatoms. The molecule has 19 heavy (non-hydrogen) atoms. The molecular weight excluding hydrogens is 287 g/mol. The Morgan fingerprint density at radius 2 is 2.00 bits per heavy atom. The number of urea groups is 1. The third kappa shape index (κ3) is 2.55. The van der Waals surface area contributed by atoms with E-state index in [0.29, 0.717) is 28.8 Å². The van der Waals surface area contributed by atoms with Crippen molar-refractivity contribution in [2.45, 2.75) is 13.8 Å². The van der Waals surface area contributed by atoms with Crippen molar-refractivity contribution in [3.8, 4) is 0 Å². The molecule has 1 unspecified atom stereocenters. The maximum atomic E-state index is 12.3. The lowest BCUT2D eigenvalue weighted by Crippen LogP contribution is -2.56. The number of imide groups is 1. The summed E-state index contributed by atoms with van der Waals surface area (Å²) in [7, 11) is 0. The Balaban J connectivity index is 2.48. The first-order valence-electron chi connectivity index (χ1n) is 6.03. The number of carbonyl (C=O) groups is 2. The van der Waals surface area contributed by atoms with Gasteiger partial charge in [0.1, 0.15) is 0 Å². The van der Waals surface area contributed by atoms with Crippen LogP contribution >= 0.6 is 23.2 Å². The standard InChI is InChI=1S/C13H14Cl2N2O2/c1-3-16-7-8(2)12(18)17(13(16)19)11-6-9(14)4-5-10(11)15/h4-6,8H,3,7H2,1-2H3. The predicted molar refractivity (Wildman–Crippen MR) is 75.8 cm³/mol. The molecule has 0 aromatic heterocycles. The second-order valence-electron chi connectivity index (χ2n) is 4.49. The SMILES string of the molecule is CCN1CC(C)C(=O)N(c2cc(Cl)ccc2Cl)C1=O. The van der Waals surface area contributed by atoms with E-state index in [4.69, 9.17) is 23.2 Å². The van der Waals surface area contributed by atoms with Crippen molar-refractivity contribution in [2.24, 2.45) is 5.92 Å². The minimum absolute atomic E-state index is 0.251. The van der Waals surface area contributed by atoms with E-state index in [1.165, 1.54) is 6.07 Å². The fourth-order valence-electron chi connectivity index (χ4n) is 2.09. The van der Waals surface area contributed by atoms with E-state index < -0.39 is 0 Å². The van der Waals surface area contributed by atoms with Crippen molar-refractivity contribution < 1.29 is 9.59 Å². The number of amides is 3. The first kappa shape index (κ1) is 14.2. The first-order valence-corrected chi connectivity index (χ1v) is 6.79. The average Bonchev–Trinajstić information content (AvgIpc) is 2.38. The third-order valence-electron chi connectivity index (χ3n) is 3.13. The van der Waals surface area contributed by atoms with Gasteiger partial charge in [0.15, 0.2) is 0 Å². The molecule has 1 aromatic carbocycles. The number of carbonyl (C=O) groups excluding carboxylic acids is 2. The van der Waals surface area contributed by atoms with Crippen LogP contribution in [0.15, 0.2) is 18.2 Å². The molecule has 102 valence electrons. The van der Waals surface area contributed by atoms with Crippen molar-refractivity contribution >= 4 is 40.8 Å². The maximum Gasteiger partial charge on any atom is 0.331 e. The van der Waals surface area contributed by atoms with Gasteiger partial charge in [-0.1, -0.05) is 30.1 Å². The largest absolute Gasteiger partial charge is 0.331 e. The molecule has 1 fully saturated rings. The highest BCUT2D eigenvalue weighted by Crippen LogP contribution is 2.32. The summed E-state index contributed by atoms with van der Waals surface area (Å²) in [5.74, 6) is -0.508. The minimum atomic E-state index is -0.352. The zero-order valence-corrected chi connectivity index (χ0v) is 12.2. The van der Waals surface area contributed by atoms with Gasteiger partial charge in [0, 0.05) is 18.1 Å². The van der Waals surface area contributed by atoms with Gasteiger partial charge < -0.3 is 4.90 Å². The van der Waals surface area contributed by atoms with Gasteiger partial charge >= 0.3 is 6.03 Å². The Morgan fingerprint density at radius 1 is 1.32 bits per heavy atom. The summed E-state index contributed by atoms with van der Waals surface area (Å²) < 4.78 is 0. The van der Waals surface area contributed by atoms with Gasteiger partial charge in [-0.15, -0.1) is 0 Å². The molecule has 1 aliphatic heterocycles. The molecule has 0 aliphatic carbocycles. The number of hydrogen-bond donors (Lipinski definition) is 0. The van der Waals surface area contributed by atoms with Crippen LogP contribution in [0.3, 0.4) is 0 Å². The lowest BCUT2D eigenvalue weighted by atomic mass is 10.1. The number of nitrogens with zero attached hydrogens (tertiary/aromatic N) is 2. The number of halogens is 2. The van der Waals surface area contributed by atoms with Crippen molar-refractivity contribution in [1.82, 2.24) is 4.90 Å². The molecule has 0 N–H and O–H groups in total. The lowest BCUT2D eigenvalue weighted by Gasteiger charge is -2.37. The number of benzene rings is 1. The average molecular weight is 301 g/mol. The van der Waals surface area contributed by atoms with Crippen molar-refractivity contribution in [2.75, 3.05) is 18.0 Å².